The Balaban J connectivity index is 2.40. The Labute approximate surface area is 93.4 Å². The van der Waals surface area contributed by atoms with Crippen LogP contribution < -0.4 is 5.73 Å². The predicted octanol–water partition coefficient (Wildman–Crippen LogP) is 3.05. The molecule has 0 aliphatic heterocycles. The number of hydrogen-bond donors (Lipinski definition) is 1. The Morgan fingerprint density at radius 2 is 2.21 bits per heavy atom. The van der Waals surface area contributed by atoms with Gasteiger partial charge in [0.25, 0.3) is 5.92 Å². The molecule has 1 aromatic rings. The number of nitrogens with two attached hydrogens (primary N) is 1. The van der Waals surface area contributed by atoms with Crippen LogP contribution >= 0.6 is 27.3 Å². The van der Waals surface area contributed by atoms with E-state index in [2.05, 4.69) is 15.9 Å². The summed E-state index contributed by atoms with van der Waals surface area (Å²) in [6, 6.07) is 1.77. The monoisotopic (exact) mass is 281 g/mol. The fourth-order valence-corrected chi connectivity index (χ4v) is 3.41. The van der Waals surface area contributed by atoms with Crippen LogP contribution in [0, 0.1) is 6.92 Å². The quantitative estimate of drug-likeness (QED) is 0.886. The smallest absolute Gasteiger partial charge is 0.261 e. The summed E-state index contributed by atoms with van der Waals surface area (Å²) in [4.78, 5) is 1.73. The highest BCUT2D eigenvalue weighted by molar-refractivity contribution is 9.10. The second-order valence-corrected chi connectivity index (χ2v) is 5.79. The minimum Gasteiger partial charge on any atom is -0.329 e. The van der Waals surface area contributed by atoms with Gasteiger partial charge >= 0.3 is 0 Å². The van der Waals surface area contributed by atoms with E-state index in [9.17, 15) is 8.78 Å². The SMILES string of the molecule is Cc1sc(C2(CN)CC2(F)F)cc1Br. The second kappa shape index (κ2) is 3.00. The molecule has 1 fully saturated rings. The highest BCUT2D eigenvalue weighted by atomic mass is 79.9. The largest absolute Gasteiger partial charge is 0.329 e. The molecule has 1 aliphatic rings. The van der Waals surface area contributed by atoms with Crippen molar-refractivity contribution in [3.8, 4) is 0 Å². The molecule has 5 heteroatoms. The lowest BCUT2D eigenvalue weighted by atomic mass is 10.1. The molecule has 1 aromatic heterocycles. The normalized spacial score (nSPS) is 29.2. The molecule has 0 amide bonds. The summed E-state index contributed by atoms with van der Waals surface area (Å²) in [5.74, 6) is -2.61. The van der Waals surface area contributed by atoms with Crippen molar-refractivity contribution in [2.24, 2.45) is 5.73 Å². The van der Waals surface area contributed by atoms with Crippen LogP contribution in [0.1, 0.15) is 16.2 Å². The molecule has 2 N–H and O–H groups in total. The zero-order valence-electron chi connectivity index (χ0n) is 7.61. The van der Waals surface area contributed by atoms with Crippen LogP contribution in [0.2, 0.25) is 0 Å². The maximum atomic E-state index is 13.2. The van der Waals surface area contributed by atoms with E-state index in [1.54, 1.807) is 6.07 Å². The number of rotatable bonds is 2. The molecular weight excluding hydrogens is 272 g/mol. The van der Waals surface area contributed by atoms with Crippen LogP contribution in [0.5, 0.6) is 0 Å². The lowest BCUT2D eigenvalue weighted by molar-refractivity contribution is 0.0904. The van der Waals surface area contributed by atoms with Gasteiger partial charge in [-0.25, -0.2) is 8.78 Å². The first-order valence-corrected chi connectivity index (χ1v) is 5.88. The van der Waals surface area contributed by atoms with E-state index < -0.39 is 11.3 Å². The lowest BCUT2D eigenvalue weighted by Gasteiger charge is -2.10. The molecule has 1 aliphatic carbocycles. The van der Waals surface area contributed by atoms with Gasteiger partial charge in [-0.15, -0.1) is 11.3 Å². The van der Waals surface area contributed by atoms with Gasteiger partial charge in [0.05, 0.1) is 5.41 Å². The summed E-state index contributed by atoms with van der Waals surface area (Å²) in [6.07, 6.45) is -0.108. The van der Waals surface area contributed by atoms with Crippen molar-refractivity contribution in [2.75, 3.05) is 6.54 Å². The molecule has 2 rings (SSSR count). The van der Waals surface area contributed by atoms with Crippen molar-refractivity contribution in [3.63, 3.8) is 0 Å². The van der Waals surface area contributed by atoms with Crippen molar-refractivity contribution >= 4 is 27.3 Å². The van der Waals surface area contributed by atoms with E-state index in [0.717, 1.165) is 9.35 Å². The van der Waals surface area contributed by atoms with Crippen molar-refractivity contribution in [2.45, 2.75) is 24.7 Å². The topological polar surface area (TPSA) is 26.0 Å². The first-order chi connectivity index (χ1) is 6.43. The zero-order valence-corrected chi connectivity index (χ0v) is 10.0. The van der Waals surface area contributed by atoms with Crippen molar-refractivity contribution in [1.82, 2.24) is 0 Å². The van der Waals surface area contributed by atoms with E-state index in [1.165, 1.54) is 11.3 Å². The Morgan fingerprint density at radius 1 is 1.64 bits per heavy atom. The summed E-state index contributed by atoms with van der Waals surface area (Å²) >= 11 is 4.73. The van der Waals surface area contributed by atoms with Gasteiger partial charge in [0.2, 0.25) is 0 Å². The van der Waals surface area contributed by atoms with Crippen molar-refractivity contribution < 1.29 is 8.78 Å². The molecule has 1 nitrogen and oxygen atoms in total. The van der Waals surface area contributed by atoms with Crippen LogP contribution in [0.3, 0.4) is 0 Å². The fourth-order valence-electron chi connectivity index (χ4n) is 1.62. The number of thiophene rings is 1. The molecule has 1 saturated carbocycles. The molecule has 0 radical (unpaired) electrons. The second-order valence-electron chi connectivity index (χ2n) is 3.68. The van der Waals surface area contributed by atoms with Crippen LogP contribution in [0.15, 0.2) is 10.5 Å². The molecule has 0 saturated heterocycles. The minimum absolute atomic E-state index is 0.0202. The standard InChI is InChI=1S/C9H10BrF2NS/c1-5-6(10)2-7(14-5)8(4-13)3-9(8,11)12/h2H,3-4,13H2,1H3. The van der Waals surface area contributed by atoms with Gasteiger partial charge in [-0.1, -0.05) is 0 Å². The zero-order chi connectivity index (χ0) is 10.6. The summed E-state index contributed by atoms with van der Waals surface area (Å²) in [7, 11) is 0. The summed E-state index contributed by atoms with van der Waals surface area (Å²) in [6.45, 7) is 1.93. The first-order valence-electron chi connectivity index (χ1n) is 4.27. The van der Waals surface area contributed by atoms with Gasteiger partial charge in [0.15, 0.2) is 0 Å². The van der Waals surface area contributed by atoms with Gasteiger partial charge in [-0.3, -0.25) is 0 Å². The van der Waals surface area contributed by atoms with E-state index >= 15 is 0 Å². The molecule has 1 heterocycles. The number of aryl methyl sites for hydroxylation is 1. The van der Waals surface area contributed by atoms with Gasteiger partial charge in [-0.2, -0.15) is 0 Å². The van der Waals surface area contributed by atoms with E-state index in [4.69, 9.17) is 5.73 Å². The summed E-state index contributed by atoms with van der Waals surface area (Å²) in [5.41, 5.74) is 4.37. The third-order valence-corrected chi connectivity index (χ3v) is 5.12. The molecule has 14 heavy (non-hydrogen) atoms. The molecular formula is C9H10BrF2NS. The Bertz CT molecular complexity index is 357. The Morgan fingerprint density at radius 3 is 2.50 bits per heavy atom. The maximum Gasteiger partial charge on any atom is 0.261 e. The van der Waals surface area contributed by atoms with Crippen LogP contribution in [-0.4, -0.2) is 12.5 Å². The van der Waals surface area contributed by atoms with Gasteiger partial charge in [-0.05, 0) is 28.9 Å². The van der Waals surface area contributed by atoms with E-state index in [1.807, 2.05) is 6.92 Å². The van der Waals surface area contributed by atoms with Gasteiger partial charge < -0.3 is 5.73 Å². The minimum atomic E-state index is -2.61. The average molecular weight is 282 g/mol. The number of hydrogen-bond acceptors (Lipinski definition) is 2. The Kier molecular flexibility index (Phi) is 2.25. The Hall–Kier alpha value is -0.0000000000000000555. The third kappa shape index (κ3) is 1.26. The van der Waals surface area contributed by atoms with E-state index in [0.29, 0.717) is 4.88 Å². The molecule has 0 aromatic carbocycles. The molecule has 78 valence electrons. The summed E-state index contributed by atoms with van der Waals surface area (Å²) < 4.78 is 27.3. The molecule has 0 spiro atoms. The fraction of sp³-hybridized carbons (Fsp3) is 0.556. The lowest BCUT2D eigenvalue weighted by Crippen LogP contribution is -2.25. The molecule has 0 bridgehead atoms. The third-order valence-electron chi connectivity index (χ3n) is 2.78. The van der Waals surface area contributed by atoms with Crippen LogP contribution in [0.25, 0.3) is 0 Å². The first kappa shape index (κ1) is 10.5. The van der Waals surface area contributed by atoms with Crippen LogP contribution in [0.4, 0.5) is 8.78 Å². The molecule has 1 atom stereocenters. The van der Waals surface area contributed by atoms with Gasteiger partial charge in [0.1, 0.15) is 0 Å². The highest BCUT2D eigenvalue weighted by Gasteiger charge is 2.71. The number of halogens is 3. The average Bonchev–Trinajstić information content (AvgIpc) is 2.52. The molecule has 1 unspecified atom stereocenters. The maximum absolute atomic E-state index is 13.2. The van der Waals surface area contributed by atoms with Gasteiger partial charge in [0, 0.05) is 27.2 Å². The van der Waals surface area contributed by atoms with E-state index in [-0.39, 0.29) is 13.0 Å². The number of alkyl halides is 2. The van der Waals surface area contributed by atoms with Crippen molar-refractivity contribution in [1.29, 1.82) is 0 Å². The van der Waals surface area contributed by atoms with Crippen LogP contribution in [-0.2, 0) is 5.41 Å². The predicted molar refractivity (Wildman–Crippen MR) is 57.1 cm³/mol. The van der Waals surface area contributed by atoms with Crippen molar-refractivity contribution in [3.05, 3.63) is 20.3 Å². The summed E-state index contributed by atoms with van der Waals surface area (Å²) in [5, 5.41) is 0. The highest BCUT2D eigenvalue weighted by Crippen LogP contribution is 2.62.